The molecule has 3 aromatic rings. The van der Waals surface area contributed by atoms with Crippen molar-refractivity contribution in [3.05, 3.63) is 59.0 Å². The van der Waals surface area contributed by atoms with Crippen LogP contribution in [0.4, 0.5) is 5.13 Å². The Morgan fingerprint density at radius 3 is 2.73 bits per heavy atom. The summed E-state index contributed by atoms with van der Waals surface area (Å²) in [5.74, 6) is 1.65. The van der Waals surface area contributed by atoms with Gasteiger partial charge in [0, 0.05) is 35.4 Å². The van der Waals surface area contributed by atoms with Crippen molar-refractivity contribution in [2.75, 3.05) is 18.5 Å². The number of hydrogen-bond acceptors (Lipinski definition) is 6. The molecular weight excluding hydrogens is 438 g/mol. The lowest BCUT2D eigenvalue weighted by molar-refractivity contribution is -0.119. The maximum absolute atomic E-state index is 12.6. The normalized spacial score (nSPS) is 14.8. The molecule has 0 fully saturated rings. The van der Waals surface area contributed by atoms with Gasteiger partial charge >= 0.3 is 0 Å². The number of hydrogen-bond donors (Lipinski definition) is 2. The van der Waals surface area contributed by atoms with Gasteiger partial charge in [-0.3, -0.25) is 14.9 Å². The number of aromatic nitrogens is 1. The van der Waals surface area contributed by atoms with Crippen molar-refractivity contribution in [1.82, 2.24) is 10.3 Å². The van der Waals surface area contributed by atoms with Crippen LogP contribution in [0.5, 0.6) is 11.5 Å². The second-order valence-electron chi connectivity index (χ2n) is 8.36. The van der Waals surface area contributed by atoms with Crippen LogP contribution < -0.4 is 20.1 Å². The first kappa shape index (κ1) is 22.8. The maximum Gasteiger partial charge on any atom is 0.257 e. The number of thiazole rings is 1. The molecule has 0 saturated carbocycles. The number of carbonyl (C=O) groups excluding carboxylic acids is 2. The second kappa shape index (κ2) is 10.0. The van der Waals surface area contributed by atoms with Crippen molar-refractivity contribution >= 4 is 28.3 Å². The number of benzene rings is 2. The van der Waals surface area contributed by atoms with Gasteiger partial charge in [0.1, 0.15) is 11.5 Å². The van der Waals surface area contributed by atoms with Crippen LogP contribution in [-0.4, -0.2) is 30.0 Å². The van der Waals surface area contributed by atoms with Crippen molar-refractivity contribution in [2.24, 2.45) is 5.92 Å². The van der Waals surface area contributed by atoms with E-state index >= 15 is 0 Å². The Hall–Kier alpha value is -3.39. The molecule has 1 unspecified atom stereocenters. The fraction of sp³-hybridized carbons (Fsp3) is 0.320. The topological polar surface area (TPSA) is 89.6 Å². The molecule has 0 saturated heterocycles. The lowest BCUT2D eigenvalue weighted by atomic mass is 9.97. The van der Waals surface area contributed by atoms with Crippen LogP contribution in [0.15, 0.2) is 47.8 Å². The molecule has 0 bridgehead atoms. The van der Waals surface area contributed by atoms with E-state index in [1.54, 1.807) is 24.3 Å². The fourth-order valence-corrected chi connectivity index (χ4v) is 4.26. The summed E-state index contributed by atoms with van der Waals surface area (Å²) < 4.78 is 11.4. The zero-order valence-corrected chi connectivity index (χ0v) is 19.7. The molecule has 4 rings (SSSR count). The van der Waals surface area contributed by atoms with E-state index in [0.29, 0.717) is 29.8 Å². The van der Waals surface area contributed by atoms with Crippen molar-refractivity contribution in [3.8, 4) is 22.8 Å². The highest BCUT2D eigenvalue weighted by Crippen LogP contribution is 2.36. The van der Waals surface area contributed by atoms with Gasteiger partial charge in [-0.2, -0.15) is 0 Å². The number of carbonyl (C=O) groups is 2. The monoisotopic (exact) mass is 465 g/mol. The van der Waals surface area contributed by atoms with Gasteiger partial charge in [-0.05, 0) is 48.4 Å². The first-order valence-corrected chi connectivity index (χ1v) is 11.8. The first-order valence-electron chi connectivity index (χ1n) is 10.9. The van der Waals surface area contributed by atoms with Gasteiger partial charge < -0.3 is 14.8 Å². The number of rotatable bonds is 7. The largest absolute Gasteiger partial charge is 0.493 e. The van der Waals surface area contributed by atoms with Crippen LogP contribution in [0.1, 0.15) is 49.2 Å². The zero-order valence-electron chi connectivity index (χ0n) is 18.9. The molecule has 2 aromatic carbocycles. The summed E-state index contributed by atoms with van der Waals surface area (Å²) in [6, 6.07) is 12.8. The molecule has 172 valence electrons. The molecule has 1 aromatic heterocycles. The van der Waals surface area contributed by atoms with Crippen molar-refractivity contribution < 1.29 is 19.1 Å². The highest BCUT2D eigenvalue weighted by Gasteiger charge is 2.23. The van der Waals surface area contributed by atoms with Crippen molar-refractivity contribution in [2.45, 2.75) is 33.2 Å². The third kappa shape index (κ3) is 5.70. The van der Waals surface area contributed by atoms with Gasteiger partial charge in [0.2, 0.25) is 5.91 Å². The summed E-state index contributed by atoms with van der Waals surface area (Å²) in [5, 5.41) is 8.26. The molecule has 0 radical (unpaired) electrons. The van der Waals surface area contributed by atoms with Crippen LogP contribution in [0, 0.1) is 5.92 Å². The molecule has 2 N–H and O–H groups in total. The number of amides is 2. The molecule has 0 spiro atoms. The molecule has 7 nitrogen and oxygen atoms in total. The highest BCUT2D eigenvalue weighted by atomic mass is 32.1. The highest BCUT2D eigenvalue weighted by molar-refractivity contribution is 7.14. The van der Waals surface area contributed by atoms with Gasteiger partial charge in [-0.25, -0.2) is 4.98 Å². The van der Waals surface area contributed by atoms with E-state index in [9.17, 15) is 9.59 Å². The predicted octanol–water partition coefficient (Wildman–Crippen LogP) is 5.06. The van der Waals surface area contributed by atoms with Crippen LogP contribution in [-0.2, 0) is 4.79 Å². The average Bonchev–Trinajstić information content (AvgIpc) is 3.26. The van der Waals surface area contributed by atoms with Crippen LogP contribution in [0.3, 0.4) is 0 Å². The average molecular weight is 466 g/mol. The van der Waals surface area contributed by atoms with E-state index in [4.69, 9.17) is 9.47 Å². The van der Waals surface area contributed by atoms with Gasteiger partial charge in [0.05, 0.1) is 24.9 Å². The minimum Gasteiger partial charge on any atom is -0.493 e. The van der Waals surface area contributed by atoms with Gasteiger partial charge in [-0.1, -0.05) is 13.8 Å². The SMILES string of the molecule is CC(=O)NC1CCOc2ccc(-c3csc(NC(=O)c4ccc(OCC(C)C)cc4)n3)cc21. The van der Waals surface area contributed by atoms with Gasteiger partial charge in [-0.15, -0.1) is 11.3 Å². The summed E-state index contributed by atoms with van der Waals surface area (Å²) in [5.41, 5.74) is 3.13. The molecule has 1 aliphatic heterocycles. The summed E-state index contributed by atoms with van der Waals surface area (Å²) >= 11 is 1.36. The lowest BCUT2D eigenvalue weighted by Gasteiger charge is -2.26. The molecule has 8 heteroatoms. The first-order chi connectivity index (χ1) is 15.9. The molecule has 2 heterocycles. The minimum absolute atomic E-state index is 0.0728. The predicted molar refractivity (Wildman–Crippen MR) is 129 cm³/mol. The van der Waals surface area contributed by atoms with Crippen molar-refractivity contribution in [1.29, 1.82) is 0 Å². The third-order valence-electron chi connectivity index (χ3n) is 5.15. The summed E-state index contributed by atoms with van der Waals surface area (Å²) in [7, 11) is 0. The standard InChI is InChI=1S/C25H27N3O4S/c1-15(2)13-32-19-7-4-17(5-8-19)24(30)28-25-27-22(14-33-25)18-6-9-23-20(12-18)21(10-11-31-23)26-16(3)29/h4-9,12,14-15,21H,10-11,13H2,1-3H3,(H,26,29)(H,27,28,30). The number of nitrogens with zero attached hydrogens (tertiary/aromatic N) is 1. The number of fused-ring (bicyclic) bond motifs is 1. The molecule has 2 amide bonds. The van der Waals surface area contributed by atoms with Crippen LogP contribution >= 0.6 is 11.3 Å². The smallest absolute Gasteiger partial charge is 0.257 e. The molecule has 1 atom stereocenters. The van der Waals surface area contributed by atoms with E-state index < -0.39 is 0 Å². The minimum atomic E-state index is -0.226. The fourth-order valence-electron chi connectivity index (χ4n) is 3.55. The molecular formula is C25H27N3O4S. The van der Waals surface area contributed by atoms with E-state index in [-0.39, 0.29) is 17.9 Å². The van der Waals surface area contributed by atoms with E-state index in [1.807, 2.05) is 23.6 Å². The third-order valence-corrected chi connectivity index (χ3v) is 5.90. The number of nitrogens with one attached hydrogen (secondary N) is 2. The Bertz CT molecular complexity index is 1140. The Morgan fingerprint density at radius 1 is 1.21 bits per heavy atom. The molecule has 1 aliphatic rings. The van der Waals surface area contributed by atoms with E-state index in [1.165, 1.54) is 18.3 Å². The van der Waals surface area contributed by atoms with Crippen LogP contribution in [0.25, 0.3) is 11.3 Å². The Balaban J connectivity index is 1.45. The molecule has 0 aliphatic carbocycles. The van der Waals surface area contributed by atoms with E-state index in [2.05, 4.69) is 29.5 Å². The summed E-state index contributed by atoms with van der Waals surface area (Å²) in [6.45, 7) is 6.89. The van der Waals surface area contributed by atoms with Gasteiger partial charge in [0.15, 0.2) is 5.13 Å². The zero-order chi connectivity index (χ0) is 23.4. The Morgan fingerprint density at radius 2 is 2.00 bits per heavy atom. The second-order valence-corrected chi connectivity index (χ2v) is 9.22. The number of anilines is 1. The summed E-state index contributed by atoms with van der Waals surface area (Å²) in [6.07, 6.45) is 0.718. The molecule has 33 heavy (non-hydrogen) atoms. The van der Waals surface area contributed by atoms with E-state index in [0.717, 1.165) is 34.7 Å². The Kier molecular flexibility index (Phi) is 6.93. The maximum atomic E-state index is 12.6. The quantitative estimate of drug-likeness (QED) is 0.509. The lowest BCUT2D eigenvalue weighted by Crippen LogP contribution is -2.30. The number of ether oxygens (including phenoxy) is 2. The van der Waals surface area contributed by atoms with Crippen LogP contribution in [0.2, 0.25) is 0 Å². The van der Waals surface area contributed by atoms with Crippen molar-refractivity contribution in [3.63, 3.8) is 0 Å². The Labute approximate surface area is 197 Å². The summed E-state index contributed by atoms with van der Waals surface area (Å²) in [4.78, 5) is 28.8. The van der Waals surface area contributed by atoms with Gasteiger partial charge in [0.25, 0.3) is 5.91 Å².